The minimum absolute atomic E-state index is 0.368. The molecule has 3 aromatic rings. The van der Waals surface area contributed by atoms with Crippen molar-refractivity contribution in [2.75, 3.05) is 0 Å². The number of phenols is 3. The van der Waals surface area contributed by atoms with E-state index >= 15 is 0 Å². The molecule has 0 fully saturated rings. The lowest BCUT2D eigenvalue weighted by Crippen LogP contribution is -1.68. The van der Waals surface area contributed by atoms with Gasteiger partial charge in [-0.25, -0.2) is 0 Å². The van der Waals surface area contributed by atoms with Crippen molar-refractivity contribution < 1.29 is 15.3 Å². The number of phenolic OH excluding ortho intramolecular Hbond substituents is 3. The van der Waals surface area contributed by atoms with E-state index < -0.39 is 0 Å². The van der Waals surface area contributed by atoms with Crippen LogP contribution in [0.5, 0.6) is 17.2 Å². The molecule has 3 nitrogen and oxygen atoms in total. The molecular weight excluding hydrogens is 408 g/mol. The SMILES string of the molecule is CCCC.CCCCC.Cc1ccccc1O.Cc1ccccc1O.Cc1ccccc1O. The second-order valence-corrected chi connectivity index (χ2v) is 7.71. The lowest BCUT2D eigenvalue weighted by atomic mass is 10.2. The molecule has 0 saturated heterocycles. The lowest BCUT2D eigenvalue weighted by molar-refractivity contribution is 0.470. The molecule has 0 saturated carbocycles. The number of rotatable bonds is 3. The molecule has 0 radical (unpaired) electrons. The predicted molar refractivity (Wildman–Crippen MR) is 144 cm³/mol. The summed E-state index contributed by atoms with van der Waals surface area (Å²) in [4.78, 5) is 0. The summed E-state index contributed by atoms with van der Waals surface area (Å²) >= 11 is 0. The topological polar surface area (TPSA) is 60.7 Å². The third-order valence-electron chi connectivity index (χ3n) is 4.55. The smallest absolute Gasteiger partial charge is 0.118 e. The van der Waals surface area contributed by atoms with E-state index in [0.717, 1.165) is 16.7 Å². The third-order valence-corrected chi connectivity index (χ3v) is 4.55. The Morgan fingerprint density at radius 3 is 0.758 bits per heavy atom. The van der Waals surface area contributed by atoms with Gasteiger partial charge < -0.3 is 15.3 Å². The second-order valence-electron chi connectivity index (χ2n) is 7.71. The van der Waals surface area contributed by atoms with Crippen LogP contribution in [0.3, 0.4) is 0 Å². The number of aryl methyl sites for hydroxylation is 3. The van der Waals surface area contributed by atoms with Crippen molar-refractivity contribution >= 4 is 0 Å². The Bertz CT molecular complexity index is 658. The van der Waals surface area contributed by atoms with E-state index in [1.165, 1.54) is 32.1 Å². The minimum Gasteiger partial charge on any atom is -0.508 e. The molecule has 0 aliphatic heterocycles. The van der Waals surface area contributed by atoms with E-state index in [-0.39, 0.29) is 0 Å². The van der Waals surface area contributed by atoms with Crippen molar-refractivity contribution in [3.8, 4) is 17.2 Å². The van der Waals surface area contributed by atoms with E-state index in [1.54, 1.807) is 18.2 Å². The van der Waals surface area contributed by atoms with E-state index in [9.17, 15) is 0 Å². The first-order chi connectivity index (χ1) is 15.7. The Hall–Kier alpha value is -2.94. The van der Waals surface area contributed by atoms with Gasteiger partial charge in [0.15, 0.2) is 0 Å². The molecule has 0 unspecified atom stereocenters. The van der Waals surface area contributed by atoms with E-state index in [4.69, 9.17) is 15.3 Å². The summed E-state index contributed by atoms with van der Waals surface area (Å²) in [5, 5.41) is 26.8. The molecule has 0 amide bonds. The van der Waals surface area contributed by atoms with Crippen LogP contribution in [-0.2, 0) is 0 Å². The standard InChI is InChI=1S/3C7H8O.C5H12.C4H10/c3*1-6-4-2-3-5-7(6)8;1-3-5-4-2;1-3-4-2/h3*2-5,8H,1H3;3-5H2,1-2H3;3-4H2,1-2H3. The number of para-hydroxylation sites is 3. The van der Waals surface area contributed by atoms with Gasteiger partial charge in [-0.05, 0) is 55.7 Å². The molecule has 3 N–H and O–H groups in total. The zero-order valence-electron chi connectivity index (χ0n) is 21.8. The molecule has 184 valence electrons. The molecule has 3 aromatic carbocycles. The normalized spacial score (nSPS) is 8.82. The number of hydrogen-bond acceptors (Lipinski definition) is 3. The van der Waals surface area contributed by atoms with Gasteiger partial charge in [0.25, 0.3) is 0 Å². The van der Waals surface area contributed by atoms with Crippen molar-refractivity contribution in [1.29, 1.82) is 0 Å². The van der Waals surface area contributed by atoms with Crippen LogP contribution in [0.2, 0.25) is 0 Å². The molecule has 0 bridgehead atoms. The van der Waals surface area contributed by atoms with Crippen molar-refractivity contribution in [1.82, 2.24) is 0 Å². The lowest BCUT2D eigenvalue weighted by Gasteiger charge is -1.92. The molecule has 0 aliphatic rings. The van der Waals surface area contributed by atoms with Crippen LogP contribution in [0.1, 0.15) is 76.5 Å². The summed E-state index contributed by atoms with van der Waals surface area (Å²) in [5.41, 5.74) is 2.77. The first-order valence-corrected chi connectivity index (χ1v) is 12.0. The van der Waals surface area contributed by atoms with Gasteiger partial charge in [0.1, 0.15) is 17.2 Å². The van der Waals surface area contributed by atoms with Crippen LogP contribution >= 0.6 is 0 Å². The second kappa shape index (κ2) is 22.3. The van der Waals surface area contributed by atoms with Crippen LogP contribution in [-0.4, -0.2) is 15.3 Å². The highest BCUT2D eigenvalue weighted by Gasteiger charge is 1.88. The molecule has 0 atom stereocenters. The van der Waals surface area contributed by atoms with Crippen molar-refractivity contribution in [2.45, 2.75) is 80.6 Å². The summed E-state index contributed by atoms with van der Waals surface area (Å²) in [6.45, 7) is 14.4. The number of aromatic hydroxyl groups is 3. The third kappa shape index (κ3) is 19.5. The fourth-order valence-electron chi connectivity index (χ4n) is 2.04. The highest BCUT2D eigenvalue weighted by Crippen LogP contribution is 2.13. The molecule has 0 heterocycles. The monoisotopic (exact) mass is 454 g/mol. The van der Waals surface area contributed by atoms with Gasteiger partial charge in [-0.2, -0.15) is 0 Å². The number of unbranched alkanes of at least 4 members (excludes halogenated alkanes) is 3. The molecular formula is C30H46O3. The Balaban J connectivity index is 0. The van der Waals surface area contributed by atoms with Crippen molar-refractivity contribution in [2.24, 2.45) is 0 Å². The Labute approximate surface area is 202 Å². The molecule has 0 spiro atoms. The highest BCUT2D eigenvalue weighted by atomic mass is 16.3. The van der Waals surface area contributed by atoms with E-state index in [0.29, 0.717) is 17.2 Å². The summed E-state index contributed by atoms with van der Waals surface area (Å²) in [7, 11) is 0. The van der Waals surface area contributed by atoms with Gasteiger partial charge in [-0.1, -0.05) is 114 Å². The Kier molecular flexibility index (Phi) is 21.7. The van der Waals surface area contributed by atoms with Crippen molar-refractivity contribution in [3.63, 3.8) is 0 Å². The van der Waals surface area contributed by atoms with Crippen LogP contribution in [0.4, 0.5) is 0 Å². The van der Waals surface area contributed by atoms with Gasteiger partial charge in [0.05, 0.1) is 0 Å². The predicted octanol–water partition coefficient (Wildman–Crippen LogP) is 9.10. The number of hydrogen-bond donors (Lipinski definition) is 3. The maximum absolute atomic E-state index is 8.92. The van der Waals surface area contributed by atoms with Crippen molar-refractivity contribution in [3.05, 3.63) is 89.5 Å². The Morgan fingerprint density at radius 2 is 0.667 bits per heavy atom. The van der Waals surface area contributed by atoms with Gasteiger partial charge in [0.2, 0.25) is 0 Å². The highest BCUT2D eigenvalue weighted by molar-refractivity contribution is 5.31. The first kappa shape index (κ1) is 32.2. The van der Waals surface area contributed by atoms with Gasteiger partial charge in [-0.3, -0.25) is 0 Å². The average Bonchev–Trinajstić information content (AvgIpc) is 2.82. The van der Waals surface area contributed by atoms with Gasteiger partial charge in [-0.15, -0.1) is 0 Å². The summed E-state index contributed by atoms with van der Waals surface area (Å²) in [6.07, 6.45) is 6.72. The van der Waals surface area contributed by atoms with Crippen LogP contribution < -0.4 is 0 Å². The van der Waals surface area contributed by atoms with Gasteiger partial charge >= 0.3 is 0 Å². The zero-order valence-corrected chi connectivity index (χ0v) is 21.8. The van der Waals surface area contributed by atoms with Crippen LogP contribution in [0.15, 0.2) is 72.8 Å². The fraction of sp³-hybridized carbons (Fsp3) is 0.400. The molecule has 0 aliphatic carbocycles. The summed E-state index contributed by atoms with van der Waals surface area (Å²) in [5.74, 6) is 1.10. The van der Waals surface area contributed by atoms with E-state index in [2.05, 4.69) is 27.7 Å². The maximum Gasteiger partial charge on any atom is 0.118 e. The molecule has 3 rings (SSSR count). The summed E-state index contributed by atoms with van der Waals surface area (Å²) < 4.78 is 0. The molecule has 0 aromatic heterocycles. The number of benzene rings is 3. The maximum atomic E-state index is 8.92. The quantitative estimate of drug-likeness (QED) is 0.370. The van der Waals surface area contributed by atoms with E-state index in [1.807, 2.05) is 75.4 Å². The average molecular weight is 455 g/mol. The summed E-state index contributed by atoms with van der Waals surface area (Å²) in [6, 6.07) is 21.8. The first-order valence-electron chi connectivity index (χ1n) is 12.0. The van der Waals surface area contributed by atoms with Crippen LogP contribution in [0, 0.1) is 20.8 Å². The largest absolute Gasteiger partial charge is 0.508 e. The minimum atomic E-state index is 0.368. The Morgan fingerprint density at radius 1 is 0.424 bits per heavy atom. The molecule has 3 heteroatoms. The fourth-order valence-corrected chi connectivity index (χ4v) is 2.04. The van der Waals surface area contributed by atoms with Crippen LogP contribution in [0.25, 0.3) is 0 Å². The molecule has 33 heavy (non-hydrogen) atoms. The van der Waals surface area contributed by atoms with Gasteiger partial charge in [0, 0.05) is 0 Å². The zero-order chi connectivity index (χ0) is 25.5.